The molecule has 0 spiro atoms. The maximum atomic E-state index is 11.0. The highest BCUT2D eigenvalue weighted by atomic mass is 32.2. The molecule has 0 saturated heterocycles. The zero-order valence-corrected chi connectivity index (χ0v) is 13.9. The summed E-state index contributed by atoms with van der Waals surface area (Å²) in [6.45, 7) is 1.66. The molecule has 1 aromatic carbocycles. The maximum absolute atomic E-state index is 11.0. The van der Waals surface area contributed by atoms with Gasteiger partial charge in [-0.2, -0.15) is 0 Å². The molecule has 0 atom stereocenters. The molecule has 1 saturated carbocycles. The van der Waals surface area contributed by atoms with Gasteiger partial charge in [-0.25, -0.2) is 4.57 Å². The van der Waals surface area contributed by atoms with Gasteiger partial charge >= 0.3 is 6.01 Å². The van der Waals surface area contributed by atoms with E-state index in [1.54, 1.807) is 11.5 Å². The van der Waals surface area contributed by atoms with E-state index in [1.165, 1.54) is 29.6 Å². The number of thioether (sulfide) groups is 2. The molecule has 3 rings (SSSR count). The number of allylic oxidation sites excluding steroid dienone is 1. The summed E-state index contributed by atoms with van der Waals surface area (Å²) in [5.41, 5.74) is 0.749. The molecule has 0 radical (unpaired) electrons. The van der Waals surface area contributed by atoms with Crippen LogP contribution < -0.4 is 0 Å². The lowest BCUT2D eigenvalue weighted by molar-refractivity contribution is -0.410. The van der Waals surface area contributed by atoms with E-state index in [4.69, 9.17) is 0 Å². The van der Waals surface area contributed by atoms with Gasteiger partial charge in [0.15, 0.2) is 5.16 Å². The number of nitrogens with zero attached hydrogens (tertiary/aromatic N) is 4. The predicted octanol–water partition coefficient (Wildman–Crippen LogP) is 3.43. The Labute approximate surface area is 141 Å². The fourth-order valence-electron chi connectivity index (χ4n) is 2.02. The van der Waals surface area contributed by atoms with Crippen LogP contribution in [0.1, 0.15) is 19.8 Å². The first-order chi connectivity index (χ1) is 11.0. The average Bonchev–Trinajstić information content (AvgIpc) is 3.21. The van der Waals surface area contributed by atoms with Crippen LogP contribution in [0.4, 0.5) is 0 Å². The van der Waals surface area contributed by atoms with Crippen LogP contribution in [0.2, 0.25) is 0 Å². The smallest absolute Gasteiger partial charge is 0.319 e. The van der Waals surface area contributed by atoms with Gasteiger partial charge < -0.3 is 5.11 Å². The average molecular weight is 350 g/mol. The van der Waals surface area contributed by atoms with Crippen molar-refractivity contribution in [3.63, 3.8) is 0 Å². The van der Waals surface area contributed by atoms with Crippen molar-refractivity contribution in [2.24, 2.45) is 0 Å². The van der Waals surface area contributed by atoms with Crippen molar-refractivity contribution in [1.29, 1.82) is 0 Å². The molecular formula is C14H14N4O3S2. The number of rotatable bonds is 6. The molecule has 23 heavy (non-hydrogen) atoms. The Kier molecular flexibility index (Phi) is 4.31. The number of aromatic nitrogens is 3. The zero-order valence-electron chi connectivity index (χ0n) is 12.2. The van der Waals surface area contributed by atoms with Gasteiger partial charge in [-0.05, 0) is 49.7 Å². The van der Waals surface area contributed by atoms with E-state index in [0.717, 1.165) is 18.5 Å². The third kappa shape index (κ3) is 3.35. The van der Waals surface area contributed by atoms with Crippen LogP contribution in [0.3, 0.4) is 0 Å². The molecule has 1 aliphatic rings. The van der Waals surface area contributed by atoms with E-state index in [-0.39, 0.29) is 20.0 Å². The van der Waals surface area contributed by atoms with Gasteiger partial charge in [0.2, 0.25) is 0 Å². The second-order valence-electron chi connectivity index (χ2n) is 4.95. The summed E-state index contributed by atoms with van der Waals surface area (Å²) in [5, 5.41) is 29.4. The fourth-order valence-corrected chi connectivity index (χ4v) is 4.54. The Morgan fingerprint density at radius 3 is 2.65 bits per heavy atom. The summed E-state index contributed by atoms with van der Waals surface area (Å²) in [5.74, 6) is 0. The number of aromatic hydroxyl groups is 1. The van der Waals surface area contributed by atoms with Crippen LogP contribution in [-0.4, -0.2) is 28.9 Å². The van der Waals surface area contributed by atoms with Crippen molar-refractivity contribution in [3.05, 3.63) is 51.6 Å². The van der Waals surface area contributed by atoms with Crippen molar-refractivity contribution in [2.45, 2.75) is 29.0 Å². The lowest BCUT2D eigenvalue weighted by Gasteiger charge is -2.13. The van der Waals surface area contributed by atoms with Crippen LogP contribution in [-0.2, 0) is 0 Å². The first-order valence-corrected chi connectivity index (χ1v) is 8.56. The molecule has 120 valence electrons. The Morgan fingerprint density at radius 2 is 2.09 bits per heavy atom. The molecule has 1 aromatic heterocycles. The Bertz CT molecular complexity index is 757. The molecule has 7 nitrogen and oxygen atoms in total. The van der Waals surface area contributed by atoms with Gasteiger partial charge in [0.1, 0.15) is 0 Å². The molecule has 1 fully saturated rings. The molecule has 9 heteroatoms. The summed E-state index contributed by atoms with van der Waals surface area (Å²) in [6.07, 6.45) is 3.19. The van der Waals surface area contributed by atoms with Crippen molar-refractivity contribution in [3.8, 4) is 11.7 Å². The van der Waals surface area contributed by atoms with Gasteiger partial charge in [0.25, 0.3) is 5.03 Å². The van der Waals surface area contributed by atoms with Gasteiger partial charge in [-0.1, -0.05) is 35.1 Å². The van der Waals surface area contributed by atoms with Crippen molar-refractivity contribution in [1.82, 2.24) is 14.8 Å². The molecule has 1 N–H and O–H groups in total. The molecule has 0 bridgehead atoms. The number of para-hydroxylation sites is 1. The Balaban J connectivity index is 1.86. The summed E-state index contributed by atoms with van der Waals surface area (Å²) in [6, 6.07) is 9.08. The minimum absolute atomic E-state index is 0.130. The number of hydrogen-bond donors (Lipinski definition) is 1. The second kappa shape index (κ2) is 6.25. The molecular weight excluding hydrogens is 336 g/mol. The summed E-state index contributed by atoms with van der Waals surface area (Å²) >= 11 is 2.64. The zero-order chi connectivity index (χ0) is 16.4. The standard InChI is InChI=1S/C14H14N4O3S2/c1-2-11(18(20)21)22-14(8-9-14)23-13-16-15-12(19)17(13)10-6-4-3-5-7-10/h2-7H,8-9H2,1H3,(H,15,19)/b11-2-. The topological polar surface area (TPSA) is 94.1 Å². The molecule has 1 aliphatic carbocycles. The maximum Gasteiger partial charge on any atom is 0.319 e. The number of benzene rings is 1. The minimum atomic E-state index is -0.370. The summed E-state index contributed by atoms with van der Waals surface area (Å²) < 4.78 is 1.23. The highest BCUT2D eigenvalue weighted by Crippen LogP contribution is 2.61. The number of nitro groups is 1. The second-order valence-corrected chi connectivity index (χ2v) is 7.97. The Morgan fingerprint density at radius 1 is 1.39 bits per heavy atom. The van der Waals surface area contributed by atoms with E-state index in [2.05, 4.69) is 10.2 Å². The normalized spacial score (nSPS) is 16.3. The highest BCUT2D eigenvalue weighted by molar-refractivity contribution is 8.20. The van der Waals surface area contributed by atoms with Crippen molar-refractivity contribution in [2.75, 3.05) is 0 Å². The third-order valence-corrected chi connectivity index (χ3v) is 6.38. The highest BCUT2D eigenvalue weighted by Gasteiger charge is 2.49. The van der Waals surface area contributed by atoms with Crippen LogP contribution in [0, 0.1) is 10.1 Å². The lowest BCUT2D eigenvalue weighted by Crippen LogP contribution is -2.05. The minimum Gasteiger partial charge on any atom is -0.479 e. The van der Waals surface area contributed by atoms with Crippen LogP contribution in [0.25, 0.3) is 5.69 Å². The van der Waals surface area contributed by atoms with Crippen LogP contribution >= 0.6 is 23.5 Å². The molecule has 2 aromatic rings. The van der Waals surface area contributed by atoms with E-state index < -0.39 is 0 Å². The largest absolute Gasteiger partial charge is 0.479 e. The van der Waals surface area contributed by atoms with Crippen molar-refractivity contribution >= 4 is 23.5 Å². The van der Waals surface area contributed by atoms with Crippen LogP contribution in [0.15, 0.2) is 46.6 Å². The molecule has 1 heterocycles. The molecule has 0 unspecified atom stereocenters. The monoisotopic (exact) mass is 350 g/mol. The third-order valence-electron chi connectivity index (χ3n) is 3.28. The first kappa shape index (κ1) is 15.9. The van der Waals surface area contributed by atoms with Gasteiger partial charge in [-0.15, -0.1) is 5.10 Å². The van der Waals surface area contributed by atoms with Gasteiger partial charge in [0.05, 0.1) is 14.7 Å². The quantitative estimate of drug-likeness (QED) is 0.484. The van der Waals surface area contributed by atoms with E-state index in [9.17, 15) is 15.2 Å². The van der Waals surface area contributed by atoms with Crippen molar-refractivity contribution < 1.29 is 10.0 Å². The summed E-state index contributed by atoms with van der Waals surface area (Å²) in [4.78, 5) is 10.6. The fraction of sp³-hybridized carbons (Fsp3) is 0.286. The lowest BCUT2D eigenvalue weighted by atomic mass is 10.3. The van der Waals surface area contributed by atoms with Crippen LogP contribution in [0.5, 0.6) is 6.01 Å². The van der Waals surface area contributed by atoms with E-state index >= 15 is 0 Å². The first-order valence-electron chi connectivity index (χ1n) is 6.93. The van der Waals surface area contributed by atoms with Gasteiger partial charge in [-0.3, -0.25) is 10.1 Å². The van der Waals surface area contributed by atoms with E-state index in [0.29, 0.717) is 5.16 Å². The number of hydrogen-bond acceptors (Lipinski definition) is 7. The SMILES string of the molecule is C/C=C(\SC1(Sc2nnc(O)n2-c2ccccc2)CC1)[N+](=O)[O-]. The van der Waals surface area contributed by atoms with E-state index in [1.807, 2.05) is 30.3 Å². The Hall–Kier alpha value is -2.00. The molecule has 0 aliphatic heterocycles. The summed E-state index contributed by atoms with van der Waals surface area (Å²) in [7, 11) is 0. The predicted molar refractivity (Wildman–Crippen MR) is 89.2 cm³/mol. The molecule has 0 amide bonds. The van der Waals surface area contributed by atoms with Gasteiger partial charge in [0, 0.05) is 0 Å².